The molecule has 3 heterocycles. The maximum absolute atomic E-state index is 12.4. The lowest BCUT2D eigenvalue weighted by Gasteiger charge is -2.33. The molecular formula is C18H19N3O2S. The average molecular weight is 341 g/mol. The number of aromatic nitrogens is 1. The Morgan fingerprint density at radius 3 is 3.12 bits per heavy atom. The molecule has 2 aromatic rings. The van der Waals surface area contributed by atoms with Crippen LogP contribution in [0.5, 0.6) is 0 Å². The minimum Gasteiger partial charge on any atom is -0.343 e. The minimum atomic E-state index is -0.284. The van der Waals surface area contributed by atoms with Gasteiger partial charge in [-0.25, -0.2) is 0 Å². The molecule has 1 aliphatic heterocycles. The van der Waals surface area contributed by atoms with Crippen molar-refractivity contribution in [2.24, 2.45) is 0 Å². The number of nitrogens with one attached hydrogen (secondary N) is 1. The van der Waals surface area contributed by atoms with Crippen molar-refractivity contribution >= 4 is 29.2 Å². The Hall–Kier alpha value is -2.47. The summed E-state index contributed by atoms with van der Waals surface area (Å²) in [5, 5.41) is 4.72. The van der Waals surface area contributed by atoms with Gasteiger partial charge in [-0.05, 0) is 48.1 Å². The lowest BCUT2D eigenvalue weighted by Crippen LogP contribution is -2.43. The summed E-state index contributed by atoms with van der Waals surface area (Å²) in [6, 6.07) is 5.81. The number of carbonyl (C=O) groups excluding carboxylic acids is 2. The van der Waals surface area contributed by atoms with Crippen molar-refractivity contribution in [3.63, 3.8) is 0 Å². The molecule has 1 atom stereocenters. The van der Waals surface area contributed by atoms with Crippen LogP contribution >= 0.6 is 11.3 Å². The summed E-state index contributed by atoms with van der Waals surface area (Å²) in [6.45, 7) is 2.75. The molecule has 6 heteroatoms. The molecule has 1 N–H and O–H groups in total. The van der Waals surface area contributed by atoms with Crippen LogP contribution in [-0.4, -0.2) is 34.8 Å². The molecule has 5 nitrogen and oxygen atoms in total. The number of hydrogen-bond donors (Lipinski definition) is 1. The predicted octanol–water partition coefficient (Wildman–Crippen LogP) is 2.42. The molecule has 0 aliphatic carbocycles. The van der Waals surface area contributed by atoms with Crippen LogP contribution in [0.25, 0.3) is 6.08 Å². The van der Waals surface area contributed by atoms with Crippen molar-refractivity contribution in [1.82, 2.24) is 15.2 Å². The van der Waals surface area contributed by atoms with E-state index in [4.69, 9.17) is 0 Å². The van der Waals surface area contributed by atoms with Crippen molar-refractivity contribution in [3.05, 3.63) is 58.1 Å². The fourth-order valence-electron chi connectivity index (χ4n) is 2.82. The number of carbonyl (C=O) groups is 2. The van der Waals surface area contributed by atoms with Gasteiger partial charge >= 0.3 is 0 Å². The molecule has 24 heavy (non-hydrogen) atoms. The predicted molar refractivity (Wildman–Crippen MR) is 94.4 cm³/mol. The van der Waals surface area contributed by atoms with Crippen LogP contribution in [0.1, 0.15) is 29.0 Å². The number of hydrogen-bond acceptors (Lipinski definition) is 4. The Bertz CT molecular complexity index is 755. The third kappa shape index (κ3) is 3.71. The van der Waals surface area contributed by atoms with Gasteiger partial charge in [-0.1, -0.05) is 6.07 Å². The van der Waals surface area contributed by atoms with Crippen molar-refractivity contribution in [1.29, 1.82) is 0 Å². The van der Waals surface area contributed by atoms with E-state index in [0.717, 1.165) is 12.0 Å². The summed E-state index contributed by atoms with van der Waals surface area (Å²) in [5.41, 5.74) is 2.07. The molecule has 0 fully saturated rings. The highest BCUT2D eigenvalue weighted by molar-refractivity contribution is 7.10. The molecular weight excluding hydrogens is 322 g/mol. The number of fused-ring (bicyclic) bond motifs is 1. The first kappa shape index (κ1) is 16.4. The van der Waals surface area contributed by atoms with Crippen molar-refractivity contribution < 1.29 is 9.59 Å². The highest BCUT2D eigenvalue weighted by Gasteiger charge is 2.28. The molecule has 3 rings (SSSR count). The molecule has 0 bridgehead atoms. The maximum Gasteiger partial charge on any atom is 0.244 e. The number of thiophene rings is 1. The Kier molecular flexibility index (Phi) is 5.05. The maximum atomic E-state index is 12.4. The first-order valence-electron chi connectivity index (χ1n) is 7.87. The highest BCUT2D eigenvalue weighted by atomic mass is 32.1. The Balaban J connectivity index is 1.52. The molecule has 0 radical (unpaired) electrons. The van der Waals surface area contributed by atoms with Crippen LogP contribution < -0.4 is 5.32 Å². The first-order chi connectivity index (χ1) is 11.6. The van der Waals surface area contributed by atoms with E-state index in [1.165, 1.54) is 16.5 Å². The number of nitrogens with zero attached hydrogens (tertiary/aromatic N) is 2. The molecule has 0 aromatic carbocycles. The third-order valence-corrected chi connectivity index (χ3v) is 5.12. The second kappa shape index (κ2) is 7.40. The van der Waals surface area contributed by atoms with Gasteiger partial charge in [-0.2, -0.15) is 0 Å². The van der Waals surface area contributed by atoms with E-state index in [2.05, 4.69) is 21.7 Å². The summed E-state index contributed by atoms with van der Waals surface area (Å²) < 4.78 is 0. The van der Waals surface area contributed by atoms with Crippen LogP contribution in [0, 0.1) is 0 Å². The van der Waals surface area contributed by atoms with Gasteiger partial charge < -0.3 is 10.2 Å². The fraction of sp³-hybridized carbons (Fsp3) is 0.278. The Morgan fingerprint density at radius 1 is 1.46 bits per heavy atom. The smallest absolute Gasteiger partial charge is 0.244 e. The molecule has 2 amide bonds. The van der Waals surface area contributed by atoms with Gasteiger partial charge in [0, 0.05) is 29.9 Å². The van der Waals surface area contributed by atoms with Crippen molar-refractivity contribution in [2.75, 3.05) is 13.1 Å². The molecule has 0 saturated carbocycles. The zero-order valence-electron chi connectivity index (χ0n) is 13.4. The van der Waals surface area contributed by atoms with E-state index in [1.54, 1.807) is 35.9 Å². The number of pyridine rings is 1. The van der Waals surface area contributed by atoms with Crippen LogP contribution in [-0.2, 0) is 16.0 Å². The van der Waals surface area contributed by atoms with E-state index in [-0.39, 0.29) is 24.4 Å². The van der Waals surface area contributed by atoms with Gasteiger partial charge in [0.1, 0.15) is 0 Å². The zero-order chi connectivity index (χ0) is 16.9. The summed E-state index contributed by atoms with van der Waals surface area (Å²) in [4.78, 5) is 31.4. The molecule has 0 spiro atoms. The summed E-state index contributed by atoms with van der Waals surface area (Å²) in [7, 11) is 0. The van der Waals surface area contributed by atoms with E-state index in [1.807, 2.05) is 17.9 Å². The summed E-state index contributed by atoms with van der Waals surface area (Å²) in [6.07, 6.45) is 7.32. The minimum absolute atomic E-state index is 0.0139. The quantitative estimate of drug-likeness (QED) is 0.869. The topological polar surface area (TPSA) is 62.3 Å². The summed E-state index contributed by atoms with van der Waals surface area (Å²) in [5.74, 6) is -0.337. The largest absolute Gasteiger partial charge is 0.343 e. The number of rotatable bonds is 4. The van der Waals surface area contributed by atoms with Gasteiger partial charge in [-0.15, -0.1) is 11.3 Å². The average Bonchev–Trinajstić information content (AvgIpc) is 3.09. The van der Waals surface area contributed by atoms with E-state index in [0.29, 0.717) is 6.54 Å². The van der Waals surface area contributed by atoms with Gasteiger partial charge in [0.25, 0.3) is 0 Å². The monoisotopic (exact) mass is 341 g/mol. The molecule has 1 aliphatic rings. The van der Waals surface area contributed by atoms with Crippen molar-refractivity contribution in [2.45, 2.75) is 19.4 Å². The van der Waals surface area contributed by atoms with Gasteiger partial charge in [-0.3, -0.25) is 14.6 Å². The Labute approximate surface area is 145 Å². The zero-order valence-corrected chi connectivity index (χ0v) is 14.3. The van der Waals surface area contributed by atoms with Crippen LogP contribution in [0.3, 0.4) is 0 Å². The molecule has 2 aromatic heterocycles. The van der Waals surface area contributed by atoms with E-state index < -0.39 is 0 Å². The van der Waals surface area contributed by atoms with E-state index >= 15 is 0 Å². The van der Waals surface area contributed by atoms with Gasteiger partial charge in [0.2, 0.25) is 11.8 Å². The molecule has 0 unspecified atom stereocenters. The molecule has 124 valence electrons. The summed E-state index contributed by atoms with van der Waals surface area (Å²) >= 11 is 1.74. The van der Waals surface area contributed by atoms with Crippen LogP contribution in [0.15, 0.2) is 42.0 Å². The highest BCUT2D eigenvalue weighted by Crippen LogP contribution is 2.32. The SMILES string of the molecule is C[C@@H]1c2ccsc2CCN1C(=O)CNC(=O)/C=C\c1cccnc1. The standard InChI is InChI=1S/C18H19N3O2S/c1-13-15-7-10-24-16(15)6-9-21(13)18(23)12-20-17(22)5-4-14-3-2-8-19-11-14/h2-5,7-8,10-11,13H,6,9,12H2,1H3,(H,20,22)/b5-4-/t13-/m1/s1. The fourth-order valence-corrected chi connectivity index (χ4v) is 3.78. The van der Waals surface area contributed by atoms with Gasteiger partial charge in [0.05, 0.1) is 12.6 Å². The second-order valence-corrected chi connectivity index (χ2v) is 6.65. The van der Waals surface area contributed by atoms with Crippen LogP contribution in [0.2, 0.25) is 0 Å². The lowest BCUT2D eigenvalue weighted by atomic mass is 10.0. The molecule has 0 saturated heterocycles. The first-order valence-corrected chi connectivity index (χ1v) is 8.75. The second-order valence-electron chi connectivity index (χ2n) is 5.65. The Morgan fingerprint density at radius 2 is 2.33 bits per heavy atom. The van der Waals surface area contributed by atoms with Crippen LogP contribution in [0.4, 0.5) is 0 Å². The van der Waals surface area contributed by atoms with E-state index in [9.17, 15) is 9.59 Å². The third-order valence-electron chi connectivity index (χ3n) is 4.12. The normalized spacial score (nSPS) is 16.9. The van der Waals surface area contributed by atoms with Crippen molar-refractivity contribution in [3.8, 4) is 0 Å². The lowest BCUT2D eigenvalue weighted by molar-refractivity contribution is -0.134. The number of amides is 2. The van der Waals surface area contributed by atoms with Gasteiger partial charge in [0.15, 0.2) is 0 Å².